The van der Waals surface area contributed by atoms with Crippen molar-refractivity contribution in [2.45, 2.75) is 110 Å². The smallest absolute Gasteiger partial charge is 0.0592 e. The Labute approximate surface area is 179 Å². The third kappa shape index (κ3) is 11.1. The quantitative estimate of drug-likeness (QED) is 0.204. The van der Waals surface area contributed by atoms with Gasteiger partial charge in [0.1, 0.15) is 0 Å². The molecule has 0 aliphatic carbocycles. The van der Waals surface area contributed by atoms with E-state index in [9.17, 15) is 15.3 Å². The van der Waals surface area contributed by atoms with Crippen molar-refractivity contribution in [3.8, 4) is 0 Å². The summed E-state index contributed by atoms with van der Waals surface area (Å²) in [5.74, 6) is 0.219. The highest BCUT2D eigenvalue weighted by Gasteiger charge is 2.46. The largest absolute Gasteiger partial charge is 0.396 e. The van der Waals surface area contributed by atoms with Crippen LogP contribution >= 0.6 is 0 Å². The van der Waals surface area contributed by atoms with Crippen LogP contribution in [0.3, 0.4) is 0 Å². The van der Waals surface area contributed by atoms with E-state index in [-0.39, 0.29) is 43.2 Å². The molecular weight excluding hydrogens is 368 g/mol. The van der Waals surface area contributed by atoms with Gasteiger partial charge in [-0.1, -0.05) is 39.5 Å². The van der Waals surface area contributed by atoms with Crippen molar-refractivity contribution in [1.29, 1.82) is 0 Å². The van der Waals surface area contributed by atoms with Crippen LogP contribution in [0.5, 0.6) is 0 Å². The highest BCUT2D eigenvalue weighted by molar-refractivity contribution is 4.96. The minimum Gasteiger partial charge on any atom is -0.396 e. The maximum Gasteiger partial charge on any atom is 0.0592 e. The molecule has 0 aliphatic heterocycles. The molecule has 0 saturated heterocycles. The van der Waals surface area contributed by atoms with Crippen molar-refractivity contribution in [3.05, 3.63) is 0 Å². The SMILES string of the molecule is CC(CO)CCC(C)(CCC(C)(C)O)C(CO)(CCCCCO)CCCCCO. The molecule has 2 unspecified atom stereocenters. The molecule has 0 aromatic rings. The number of aliphatic hydroxyl groups excluding tert-OH is 4. The van der Waals surface area contributed by atoms with E-state index >= 15 is 0 Å². The predicted molar refractivity (Wildman–Crippen MR) is 120 cm³/mol. The molecule has 5 nitrogen and oxygen atoms in total. The van der Waals surface area contributed by atoms with Gasteiger partial charge in [0.25, 0.3) is 0 Å². The second kappa shape index (κ2) is 14.7. The summed E-state index contributed by atoms with van der Waals surface area (Å²) in [4.78, 5) is 0. The van der Waals surface area contributed by atoms with Gasteiger partial charge < -0.3 is 25.5 Å². The zero-order chi connectivity index (χ0) is 22.4. The van der Waals surface area contributed by atoms with Crippen LogP contribution in [-0.2, 0) is 0 Å². The first-order valence-electron chi connectivity index (χ1n) is 11.8. The lowest BCUT2D eigenvalue weighted by Gasteiger charge is -2.50. The van der Waals surface area contributed by atoms with Crippen molar-refractivity contribution >= 4 is 0 Å². The van der Waals surface area contributed by atoms with Crippen LogP contribution in [-0.4, -0.2) is 57.6 Å². The van der Waals surface area contributed by atoms with Crippen molar-refractivity contribution in [3.63, 3.8) is 0 Å². The highest BCUT2D eigenvalue weighted by atomic mass is 16.3. The van der Waals surface area contributed by atoms with E-state index in [1.54, 1.807) is 0 Å². The van der Waals surface area contributed by atoms with E-state index in [4.69, 9.17) is 10.2 Å². The van der Waals surface area contributed by atoms with Crippen LogP contribution in [0.4, 0.5) is 0 Å². The second-order valence-corrected chi connectivity index (χ2v) is 10.2. The van der Waals surface area contributed by atoms with E-state index in [2.05, 4.69) is 13.8 Å². The highest BCUT2D eigenvalue weighted by Crippen LogP contribution is 2.53. The molecule has 0 aromatic carbocycles. The summed E-state index contributed by atoms with van der Waals surface area (Å²) in [5, 5.41) is 48.8. The van der Waals surface area contributed by atoms with E-state index < -0.39 is 5.60 Å². The molecule has 0 radical (unpaired) electrons. The first kappa shape index (κ1) is 28.8. The first-order valence-corrected chi connectivity index (χ1v) is 11.8. The fraction of sp³-hybridized carbons (Fsp3) is 1.00. The zero-order valence-corrected chi connectivity index (χ0v) is 19.6. The summed E-state index contributed by atoms with van der Waals surface area (Å²) in [5.41, 5.74) is -1.15. The third-order valence-electron chi connectivity index (χ3n) is 7.00. The Morgan fingerprint density at radius 2 is 1.17 bits per heavy atom. The van der Waals surface area contributed by atoms with Crippen LogP contribution in [0.15, 0.2) is 0 Å². The van der Waals surface area contributed by atoms with Crippen molar-refractivity contribution in [2.24, 2.45) is 16.7 Å². The number of hydrogen-bond acceptors (Lipinski definition) is 5. The molecule has 0 fully saturated rings. The molecule has 0 aromatic heterocycles. The topological polar surface area (TPSA) is 101 Å². The number of hydrogen-bond donors (Lipinski definition) is 5. The standard InChI is InChI=1S/C24H50O5/c1-21(19-27)11-14-23(4,16-15-22(2,3)29)24(20-28,12-7-5-9-17-25)13-8-6-10-18-26/h21,25-29H,5-20H2,1-4H3. The summed E-state index contributed by atoms with van der Waals surface area (Å²) in [7, 11) is 0. The van der Waals surface area contributed by atoms with Crippen LogP contribution in [0.25, 0.3) is 0 Å². The maximum atomic E-state index is 10.7. The number of aliphatic hydroxyl groups is 5. The van der Waals surface area contributed by atoms with E-state index in [0.717, 1.165) is 70.6 Å². The molecule has 176 valence electrons. The Kier molecular flexibility index (Phi) is 14.6. The fourth-order valence-corrected chi connectivity index (χ4v) is 4.47. The molecule has 0 aliphatic rings. The molecule has 5 heteroatoms. The molecule has 0 spiro atoms. The van der Waals surface area contributed by atoms with E-state index in [1.807, 2.05) is 13.8 Å². The Morgan fingerprint density at radius 3 is 1.55 bits per heavy atom. The molecule has 0 bridgehead atoms. The second-order valence-electron chi connectivity index (χ2n) is 10.2. The summed E-state index contributed by atoms with van der Waals surface area (Å²) in [6.07, 6.45) is 10.5. The van der Waals surface area contributed by atoms with Crippen LogP contribution in [0.2, 0.25) is 0 Å². The Balaban J connectivity index is 5.63. The van der Waals surface area contributed by atoms with Gasteiger partial charge in [-0.3, -0.25) is 0 Å². The minimum atomic E-state index is -0.751. The summed E-state index contributed by atoms with van der Waals surface area (Å²) < 4.78 is 0. The molecular formula is C24H50O5. The third-order valence-corrected chi connectivity index (χ3v) is 7.00. The van der Waals surface area contributed by atoms with Gasteiger partial charge in [-0.05, 0) is 82.0 Å². The van der Waals surface area contributed by atoms with E-state index in [0.29, 0.717) is 6.42 Å². The monoisotopic (exact) mass is 418 g/mol. The molecule has 5 N–H and O–H groups in total. The van der Waals surface area contributed by atoms with Gasteiger partial charge in [0, 0.05) is 26.4 Å². The minimum absolute atomic E-state index is 0.112. The lowest BCUT2D eigenvalue weighted by Crippen LogP contribution is -2.44. The van der Waals surface area contributed by atoms with Crippen molar-refractivity contribution in [2.75, 3.05) is 26.4 Å². The van der Waals surface area contributed by atoms with Gasteiger partial charge in [-0.2, -0.15) is 0 Å². The number of unbranched alkanes of at least 4 members (excludes halogenated alkanes) is 4. The molecule has 0 amide bonds. The zero-order valence-electron chi connectivity index (χ0n) is 19.6. The molecule has 0 heterocycles. The van der Waals surface area contributed by atoms with Crippen LogP contribution in [0.1, 0.15) is 105 Å². The molecule has 0 saturated carbocycles. The van der Waals surface area contributed by atoms with Gasteiger partial charge in [0.15, 0.2) is 0 Å². The van der Waals surface area contributed by atoms with E-state index in [1.165, 1.54) is 0 Å². The van der Waals surface area contributed by atoms with Gasteiger partial charge in [-0.15, -0.1) is 0 Å². The Bertz CT molecular complexity index is 381. The average Bonchev–Trinajstić information content (AvgIpc) is 2.68. The van der Waals surface area contributed by atoms with Crippen molar-refractivity contribution < 1.29 is 25.5 Å². The normalized spacial score (nSPS) is 16.0. The van der Waals surface area contributed by atoms with Gasteiger partial charge in [0.2, 0.25) is 0 Å². The number of rotatable bonds is 19. The molecule has 0 rings (SSSR count). The summed E-state index contributed by atoms with van der Waals surface area (Å²) in [6, 6.07) is 0. The van der Waals surface area contributed by atoms with Crippen molar-refractivity contribution in [1.82, 2.24) is 0 Å². The Hall–Kier alpha value is -0.200. The average molecular weight is 419 g/mol. The summed E-state index contributed by atoms with van der Waals surface area (Å²) in [6.45, 7) is 8.68. The maximum absolute atomic E-state index is 10.7. The van der Waals surface area contributed by atoms with Gasteiger partial charge in [-0.25, -0.2) is 0 Å². The van der Waals surface area contributed by atoms with Gasteiger partial charge in [0.05, 0.1) is 5.60 Å². The predicted octanol–water partition coefficient (Wildman–Crippen LogP) is 4.04. The van der Waals surface area contributed by atoms with Gasteiger partial charge >= 0.3 is 0 Å². The fourth-order valence-electron chi connectivity index (χ4n) is 4.47. The summed E-state index contributed by atoms with van der Waals surface area (Å²) >= 11 is 0. The van der Waals surface area contributed by atoms with Crippen LogP contribution < -0.4 is 0 Å². The lowest BCUT2D eigenvalue weighted by molar-refractivity contribution is -0.0572. The molecule has 29 heavy (non-hydrogen) atoms. The Morgan fingerprint density at radius 1 is 0.655 bits per heavy atom. The lowest BCUT2D eigenvalue weighted by atomic mass is 9.55. The first-order chi connectivity index (χ1) is 13.6. The molecule has 2 atom stereocenters. The van der Waals surface area contributed by atoms with Crippen LogP contribution in [0, 0.1) is 16.7 Å².